The summed E-state index contributed by atoms with van der Waals surface area (Å²) in [5.74, 6) is 1.39. The molecule has 6 heteroatoms. The lowest BCUT2D eigenvalue weighted by Gasteiger charge is -2.09. The fourth-order valence-corrected chi connectivity index (χ4v) is 2.79. The molecule has 1 N–H and O–H groups in total. The summed E-state index contributed by atoms with van der Waals surface area (Å²) in [4.78, 5) is 16.9. The van der Waals surface area contributed by atoms with Gasteiger partial charge in [-0.05, 0) is 49.7 Å². The Bertz CT molecular complexity index is 901. The van der Waals surface area contributed by atoms with Gasteiger partial charge in [-0.15, -0.1) is 0 Å². The number of hydrogen-bond acceptors (Lipinski definition) is 4. The smallest absolute Gasteiger partial charge is 0.252 e. The third kappa shape index (κ3) is 3.79. The minimum atomic E-state index is -0.128. The van der Waals surface area contributed by atoms with Crippen molar-refractivity contribution < 1.29 is 14.3 Å². The van der Waals surface area contributed by atoms with E-state index < -0.39 is 0 Å². The summed E-state index contributed by atoms with van der Waals surface area (Å²) >= 11 is 0. The highest BCUT2D eigenvalue weighted by Crippen LogP contribution is 2.17. The zero-order chi connectivity index (χ0) is 18.5. The number of nitrogens with one attached hydrogen (secondary N) is 1. The molecule has 26 heavy (non-hydrogen) atoms. The van der Waals surface area contributed by atoms with Crippen LogP contribution in [0.1, 0.15) is 28.7 Å². The Morgan fingerprint density at radius 2 is 1.88 bits per heavy atom. The second-order valence-corrected chi connectivity index (χ2v) is 5.92. The van der Waals surface area contributed by atoms with Gasteiger partial charge in [-0.3, -0.25) is 4.79 Å². The minimum absolute atomic E-state index is 0.128. The molecule has 0 radical (unpaired) electrons. The van der Waals surface area contributed by atoms with Gasteiger partial charge in [0.15, 0.2) is 0 Å². The number of hydrogen-bond donors (Lipinski definition) is 1. The van der Waals surface area contributed by atoms with Crippen LogP contribution in [0.4, 0.5) is 0 Å². The zero-order valence-corrected chi connectivity index (χ0v) is 15.3. The average Bonchev–Trinajstić information content (AvgIpc) is 3.01. The van der Waals surface area contributed by atoms with Crippen LogP contribution in [0.25, 0.3) is 5.65 Å². The van der Waals surface area contributed by atoms with Crippen LogP contribution in [0.5, 0.6) is 11.5 Å². The molecule has 3 aromatic rings. The summed E-state index contributed by atoms with van der Waals surface area (Å²) in [5, 5.41) is 2.87. The second-order valence-electron chi connectivity index (χ2n) is 5.92. The largest absolute Gasteiger partial charge is 0.497 e. The van der Waals surface area contributed by atoms with E-state index in [0.717, 1.165) is 35.0 Å². The van der Waals surface area contributed by atoms with Gasteiger partial charge in [0.2, 0.25) is 0 Å². The van der Waals surface area contributed by atoms with Crippen molar-refractivity contribution in [3.63, 3.8) is 0 Å². The second kappa shape index (κ2) is 7.91. The number of ether oxygens (including phenoxy) is 2. The van der Waals surface area contributed by atoms with Crippen molar-refractivity contribution in [3.8, 4) is 11.5 Å². The van der Waals surface area contributed by atoms with E-state index in [1.807, 2.05) is 47.9 Å². The molecule has 3 rings (SSSR count). The van der Waals surface area contributed by atoms with Crippen LogP contribution < -0.4 is 14.8 Å². The molecule has 1 amide bonds. The van der Waals surface area contributed by atoms with Crippen LogP contribution in [-0.4, -0.2) is 35.6 Å². The number of amides is 1. The van der Waals surface area contributed by atoms with Crippen molar-refractivity contribution in [1.82, 2.24) is 14.7 Å². The molecular weight excluding hydrogens is 330 g/mol. The summed E-state index contributed by atoms with van der Waals surface area (Å²) < 4.78 is 12.7. The summed E-state index contributed by atoms with van der Waals surface area (Å²) in [6.07, 6.45) is 2.70. The molecule has 0 fully saturated rings. The van der Waals surface area contributed by atoms with E-state index >= 15 is 0 Å². The number of pyridine rings is 1. The van der Waals surface area contributed by atoms with Crippen molar-refractivity contribution in [2.75, 3.05) is 20.3 Å². The maximum Gasteiger partial charge on any atom is 0.252 e. The molecule has 0 aliphatic rings. The SMILES string of the molecule is CCc1nc2ccc(C(=O)NCCOc3ccc(OC)cc3)cn2c1C. The number of methoxy groups -OCH3 is 1. The third-order valence-electron chi connectivity index (χ3n) is 4.27. The first kappa shape index (κ1) is 17.8. The summed E-state index contributed by atoms with van der Waals surface area (Å²) in [6.45, 7) is 4.91. The van der Waals surface area contributed by atoms with Gasteiger partial charge < -0.3 is 19.2 Å². The topological polar surface area (TPSA) is 64.9 Å². The van der Waals surface area contributed by atoms with E-state index in [1.54, 1.807) is 13.2 Å². The van der Waals surface area contributed by atoms with Crippen LogP contribution in [0.3, 0.4) is 0 Å². The molecule has 6 nitrogen and oxygen atoms in total. The Hall–Kier alpha value is -3.02. The third-order valence-corrected chi connectivity index (χ3v) is 4.27. The van der Waals surface area contributed by atoms with E-state index in [-0.39, 0.29) is 5.91 Å². The van der Waals surface area contributed by atoms with Crippen molar-refractivity contribution in [2.45, 2.75) is 20.3 Å². The van der Waals surface area contributed by atoms with E-state index in [9.17, 15) is 4.79 Å². The first-order chi connectivity index (χ1) is 12.6. The van der Waals surface area contributed by atoms with Crippen LogP contribution in [0.2, 0.25) is 0 Å². The number of nitrogens with zero attached hydrogens (tertiary/aromatic N) is 2. The predicted molar refractivity (Wildman–Crippen MR) is 100 cm³/mol. The highest BCUT2D eigenvalue weighted by molar-refractivity contribution is 5.94. The lowest BCUT2D eigenvalue weighted by atomic mass is 10.2. The fourth-order valence-electron chi connectivity index (χ4n) is 2.79. The molecule has 0 saturated heterocycles. The minimum Gasteiger partial charge on any atom is -0.497 e. The quantitative estimate of drug-likeness (QED) is 0.663. The van der Waals surface area contributed by atoms with Gasteiger partial charge in [-0.1, -0.05) is 6.92 Å². The molecular formula is C20H23N3O3. The summed E-state index contributed by atoms with van der Waals surface area (Å²) in [5.41, 5.74) is 3.58. The van der Waals surface area contributed by atoms with Gasteiger partial charge in [0.25, 0.3) is 5.91 Å². The molecule has 0 atom stereocenters. The van der Waals surface area contributed by atoms with Gasteiger partial charge >= 0.3 is 0 Å². The van der Waals surface area contributed by atoms with Crippen molar-refractivity contribution >= 4 is 11.6 Å². The lowest BCUT2D eigenvalue weighted by Crippen LogP contribution is -2.28. The van der Waals surface area contributed by atoms with Crippen molar-refractivity contribution in [1.29, 1.82) is 0 Å². The van der Waals surface area contributed by atoms with Gasteiger partial charge in [-0.25, -0.2) is 4.98 Å². The molecule has 0 aliphatic heterocycles. The maximum atomic E-state index is 12.4. The highest BCUT2D eigenvalue weighted by atomic mass is 16.5. The van der Waals surface area contributed by atoms with E-state index in [0.29, 0.717) is 18.7 Å². The standard InChI is InChI=1S/C20H23N3O3/c1-4-18-14(2)23-13-15(5-10-19(23)22-18)20(24)21-11-12-26-17-8-6-16(25-3)7-9-17/h5-10,13H,4,11-12H2,1-3H3,(H,21,24). The zero-order valence-electron chi connectivity index (χ0n) is 15.3. The number of aromatic nitrogens is 2. The van der Waals surface area contributed by atoms with Crippen LogP contribution in [0.15, 0.2) is 42.6 Å². The molecule has 2 aromatic heterocycles. The van der Waals surface area contributed by atoms with Crippen molar-refractivity contribution in [2.24, 2.45) is 0 Å². The Morgan fingerprint density at radius 1 is 1.15 bits per heavy atom. The molecule has 0 bridgehead atoms. The molecule has 1 aromatic carbocycles. The Labute approximate surface area is 152 Å². The Morgan fingerprint density at radius 3 is 2.58 bits per heavy atom. The van der Waals surface area contributed by atoms with Crippen LogP contribution in [-0.2, 0) is 6.42 Å². The number of imidazole rings is 1. The monoisotopic (exact) mass is 353 g/mol. The summed E-state index contributed by atoms with van der Waals surface area (Å²) in [6, 6.07) is 11.0. The number of carbonyl (C=O) groups is 1. The Balaban J connectivity index is 1.56. The normalized spacial score (nSPS) is 10.7. The van der Waals surface area contributed by atoms with E-state index in [1.165, 1.54) is 0 Å². The number of benzene rings is 1. The van der Waals surface area contributed by atoms with Crippen LogP contribution in [0, 0.1) is 6.92 Å². The van der Waals surface area contributed by atoms with Gasteiger partial charge in [0.1, 0.15) is 23.8 Å². The van der Waals surface area contributed by atoms with Crippen LogP contribution >= 0.6 is 0 Å². The highest BCUT2D eigenvalue weighted by Gasteiger charge is 2.10. The van der Waals surface area contributed by atoms with Crippen molar-refractivity contribution in [3.05, 3.63) is 59.5 Å². The van der Waals surface area contributed by atoms with Gasteiger partial charge in [-0.2, -0.15) is 0 Å². The first-order valence-corrected chi connectivity index (χ1v) is 8.65. The van der Waals surface area contributed by atoms with E-state index in [2.05, 4.69) is 17.2 Å². The van der Waals surface area contributed by atoms with E-state index in [4.69, 9.17) is 9.47 Å². The van der Waals surface area contributed by atoms with Gasteiger partial charge in [0.05, 0.1) is 24.9 Å². The number of aryl methyl sites for hydroxylation is 2. The average molecular weight is 353 g/mol. The molecule has 0 saturated carbocycles. The lowest BCUT2D eigenvalue weighted by molar-refractivity contribution is 0.0946. The Kier molecular flexibility index (Phi) is 5.41. The first-order valence-electron chi connectivity index (χ1n) is 8.65. The predicted octanol–water partition coefficient (Wildman–Crippen LogP) is 3.02. The molecule has 136 valence electrons. The number of fused-ring (bicyclic) bond motifs is 1. The number of carbonyl (C=O) groups excluding carboxylic acids is 1. The van der Waals surface area contributed by atoms with Gasteiger partial charge in [0, 0.05) is 11.9 Å². The summed E-state index contributed by atoms with van der Waals surface area (Å²) in [7, 11) is 1.62. The number of rotatable bonds is 7. The molecule has 0 unspecified atom stereocenters. The molecule has 2 heterocycles. The molecule has 0 aliphatic carbocycles. The maximum absolute atomic E-state index is 12.4. The molecule has 0 spiro atoms. The fraction of sp³-hybridized carbons (Fsp3) is 0.300.